The Balaban J connectivity index is 1.42. The van der Waals surface area contributed by atoms with Gasteiger partial charge in [0.2, 0.25) is 0 Å². The van der Waals surface area contributed by atoms with E-state index in [1.807, 2.05) is 23.2 Å². The summed E-state index contributed by atoms with van der Waals surface area (Å²) in [6.07, 6.45) is 7.70. The highest BCUT2D eigenvalue weighted by Gasteiger charge is 2.22. The monoisotopic (exact) mass is 439 g/mol. The maximum absolute atomic E-state index is 13.0. The number of benzene rings is 2. The van der Waals surface area contributed by atoms with Crippen LogP contribution in [-0.2, 0) is 12.8 Å². The summed E-state index contributed by atoms with van der Waals surface area (Å²) in [7, 11) is 2.10. The molecule has 2 aromatic heterocycles. The molecule has 1 amide bonds. The third-order valence-electron chi connectivity index (χ3n) is 7.34. The number of aromatic amines is 1. The standard InChI is InChI=1S/C27H29N5O/c1-31-13-15-32(16-14-31)27(33)19-9-7-18(8-10-19)26-21-6-4-2-3-5-20(21)25-22-17-28-30-23(22)11-12-24(25)29-26/h7-12,17H,2-6,13-16H2,1H3,(H,28,30). The molecule has 0 unspecified atom stereocenters. The van der Waals surface area contributed by atoms with E-state index in [1.165, 1.54) is 35.8 Å². The van der Waals surface area contributed by atoms with Crippen LogP contribution in [0.15, 0.2) is 42.6 Å². The van der Waals surface area contributed by atoms with Crippen LogP contribution in [0.3, 0.4) is 0 Å². The minimum absolute atomic E-state index is 0.127. The highest BCUT2D eigenvalue weighted by Crippen LogP contribution is 2.37. The van der Waals surface area contributed by atoms with E-state index in [4.69, 9.17) is 4.98 Å². The molecule has 3 heterocycles. The minimum atomic E-state index is 0.127. The Kier molecular flexibility index (Phi) is 5.10. The highest BCUT2D eigenvalue weighted by molar-refractivity contribution is 6.07. The minimum Gasteiger partial charge on any atom is -0.336 e. The average Bonchev–Trinajstić information content (AvgIpc) is 3.20. The van der Waals surface area contributed by atoms with Gasteiger partial charge in [-0.15, -0.1) is 0 Å². The van der Waals surface area contributed by atoms with E-state index in [1.54, 1.807) is 0 Å². The summed E-state index contributed by atoms with van der Waals surface area (Å²) >= 11 is 0. The van der Waals surface area contributed by atoms with Crippen LogP contribution in [-0.4, -0.2) is 64.1 Å². The number of likely N-dealkylation sites (N-methyl/N-ethyl adjacent to an activating group) is 1. The molecule has 0 saturated carbocycles. The number of nitrogens with zero attached hydrogens (tertiary/aromatic N) is 4. The molecule has 33 heavy (non-hydrogen) atoms. The predicted octanol–water partition coefficient (Wildman–Crippen LogP) is 4.43. The lowest BCUT2D eigenvalue weighted by Gasteiger charge is -2.32. The molecule has 4 aromatic rings. The number of nitrogens with one attached hydrogen (secondary N) is 1. The Morgan fingerprint density at radius 2 is 1.67 bits per heavy atom. The van der Waals surface area contributed by atoms with Gasteiger partial charge in [-0.2, -0.15) is 5.10 Å². The third kappa shape index (κ3) is 3.59. The Labute approximate surface area is 193 Å². The van der Waals surface area contributed by atoms with Crippen molar-refractivity contribution in [3.63, 3.8) is 0 Å². The maximum Gasteiger partial charge on any atom is 0.253 e. The van der Waals surface area contributed by atoms with E-state index in [9.17, 15) is 4.79 Å². The van der Waals surface area contributed by atoms with Crippen molar-refractivity contribution in [3.8, 4) is 11.3 Å². The number of aromatic nitrogens is 3. The molecule has 6 heteroatoms. The van der Waals surface area contributed by atoms with Crippen LogP contribution in [0, 0.1) is 0 Å². The lowest BCUT2D eigenvalue weighted by molar-refractivity contribution is 0.0664. The quantitative estimate of drug-likeness (QED) is 0.469. The van der Waals surface area contributed by atoms with Crippen molar-refractivity contribution in [2.24, 2.45) is 0 Å². The first kappa shape index (κ1) is 20.4. The van der Waals surface area contributed by atoms with Crippen molar-refractivity contribution in [2.75, 3.05) is 33.2 Å². The van der Waals surface area contributed by atoms with Gasteiger partial charge in [0.05, 0.1) is 22.9 Å². The number of pyridine rings is 1. The van der Waals surface area contributed by atoms with E-state index < -0.39 is 0 Å². The molecule has 0 atom stereocenters. The van der Waals surface area contributed by atoms with Gasteiger partial charge in [-0.1, -0.05) is 18.6 Å². The molecule has 0 radical (unpaired) electrons. The van der Waals surface area contributed by atoms with Crippen molar-refractivity contribution in [1.82, 2.24) is 25.0 Å². The Morgan fingerprint density at radius 3 is 2.45 bits per heavy atom. The Morgan fingerprint density at radius 1 is 0.909 bits per heavy atom. The molecular weight excluding hydrogens is 410 g/mol. The second-order valence-electron chi connectivity index (χ2n) is 9.44. The van der Waals surface area contributed by atoms with Gasteiger partial charge in [0, 0.05) is 48.1 Å². The summed E-state index contributed by atoms with van der Waals surface area (Å²) in [6, 6.07) is 12.3. The smallest absolute Gasteiger partial charge is 0.253 e. The van der Waals surface area contributed by atoms with E-state index in [0.717, 1.165) is 72.3 Å². The number of hydrogen-bond acceptors (Lipinski definition) is 4. The number of fused-ring (bicyclic) bond motifs is 5. The number of H-pyrrole nitrogens is 1. The van der Waals surface area contributed by atoms with E-state index >= 15 is 0 Å². The van der Waals surface area contributed by atoms with Crippen LogP contribution in [0.2, 0.25) is 0 Å². The fourth-order valence-corrected chi connectivity index (χ4v) is 5.43. The summed E-state index contributed by atoms with van der Waals surface area (Å²) in [4.78, 5) is 22.4. The van der Waals surface area contributed by atoms with Gasteiger partial charge in [0.15, 0.2) is 0 Å². The van der Waals surface area contributed by atoms with Crippen molar-refractivity contribution < 1.29 is 4.79 Å². The van der Waals surface area contributed by atoms with Crippen LogP contribution in [0.5, 0.6) is 0 Å². The first-order valence-corrected chi connectivity index (χ1v) is 12.0. The molecule has 1 aliphatic carbocycles. The summed E-state index contributed by atoms with van der Waals surface area (Å²) in [6.45, 7) is 3.44. The summed E-state index contributed by atoms with van der Waals surface area (Å²) in [5.74, 6) is 0.127. The zero-order chi connectivity index (χ0) is 22.4. The predicted molar refractivity (Wildman–Crippen MR) is 131 cm³/mol. The molecule has 2 aromatic carbocycles. The largest absolute Gasteiger partial charge is 0.336 e. The van der Waals surface area contributed by atoms with Gasteiger partial charge in [-0.3, -0.25) is 9.89 Å². The SMILES string of the molecule is CN1CCN(C(=O)c2ccc(-c3nc4ccc5[nH]ncc5c4c4c3CCCCC4)cc2)CC1. The molecule has 6 rings (SSSR count). The molecule has 1 N–H and O–H groups in total. The number of hydrogen-bond donors (Lipinski definition) is 1. The molecule has 1 aliphatic heterocycles. The number of rotatable bonds is 2. The van der Waals surface area contributed by atoms with Gasteiger partial charge in [-0.25, -0.2) is 4.98 Å². The lowest BCUT2D eigenvalue weighted by Crippen LogP contribution is -2.47. The normalized spacial score (nSPS) is 17.3. The number of aryl methyl sites for hydroxylation is 1. The van der Waals surface area contributed by atoms with Crippen LogP contribution in [0.1, 0.15) is 40.7 Å². The summed E-state index contributed by atoms with van der Waals surface area (Å²) in [5.41, 5.74) is 7.81. The summed E-state index contributed by atoms with van der Waals surface area (Å²) < 4.78 is 0. The third-order valence-corrected chi connectivity index (χ3v) is 7.34. The topological polar surface area (TPSA) is 65.1 Å². The van der Waals surface area contributed by atoms with Crippen molar-refractivity contribution in [3.05, 3.63) is 59.3 Å². The first-order chi connectivity index (χ1) is 16.2. The van der Waals surface area contributed by atoms with Gasteiger partial charge in [-0.05, 0) is 68.1 Å². The number of piperazine rings is 1. The van der Waals surface area contributed by atoms with E-state index in [-0.39, 0.29) is 5.91 Å². The van der Waals surface area contributed by atoms with Crippen LogP contribution in [0.25, 0.3) is 33.1 Å². The fraction of sp³-hybridized carbons (Fsp3) is 0.370. The molecule has 0 spiro atoms. The number of carbonyl (C=O) groups is 1. The molecule has 1 fully saturated rings. The highest BCUT2D eigenvalue weighted by atomic mass is 16.2. The van der Waals surface area contributed by atoms with Gasteiger partial charge >= 0.3 is 0 Å². The van der Waals surface area contributed by atoms with E-state index in [0.29, 0.717) is 0 Å². The molecular formula is C27H29N5O. The van der Waals surface area contributed by atoms with E-state index in [2.05, 4.69) is 46.4 Å². The van der Waals surface area contributed by atoms with Gasteiger partial charge in [0.25, 0.3) is 5.91 Å². The number of carbonyl (C=O) groups excluding carboxylic acids is 1. The summed E-state index contributed by atoms with van der Waals surface area (Å²) in [5, 5.41) is 9.81. The average molecular weight is 440 g/mol. The lowest BCUT2D eigenvalue weighted by atomic mass is 9.92. The second-order valence-corrected chi connectivity index (χ2v) is 9.44. The second kappa shape index (κ2) is 8.27. The maximum atomic E-state index is 13.0. The molecule has 0 bridgehead atoms. The van der Waals surface area contributed by atoms with Gasteiger partial charge < -0.3 is 9.80 Å². The zero-order valence-electron chi connectivity index (χ0n) is 19.1. The molecule has 2 aliphatic rings. The Hall–Kier alpha value is -3.25. The molecule has 1 saturated heterocycles. The van der Waals surface area contributed by atoms with Crippen molar-refractivity contribution >= 4 is 27.7 Å². The first-order valence-electron chi connectivity index (χ1n) is 12.0. The zero-order valence-corrected chi connectivity index (χ0v) is 19.1. The Bertz CT molecular complexity index is 1330. The number of amides is 1. The van der Waals surface area contributed by atoms with Crippen LogP contribution >= 0.6 is 0 Å². The van der Waals surface area contributed by atoms with Crippen molar-refractivity contribution in [2.45, 2.75) is 32.1 Å². The van der Waals surface area contributed by atoms with Crippen molar-refractivity contribution in [1.29, 1.82) is 0 Å². The molecule has 6 nitrogen and oxygen atoms in total. The van der Waals surface area contributed by atoms with Crippen LogP contribution in [0.4, 0.5) is 0 Å². The van der Waals surface area contributed by atoms with Crippen LogP contribution < -0.4 is 0 Å². The fourth-order valence-electron chi connectivity index (χ4n) is 5.43. The molecule has 168 valence electrons. The van der Waals surface area contributed by atoms with Gasteiger partial charge in [0.1, 0.15) is 0 Å².